The normalized spacial score (nSPS) is 15.0. The highest BCUT2D eigenvalue weighted by atomic mass is 32.2. The number of nitrogens with one attached hydrogen (secondary N) is 2. The summed E-state index contributed by atoms with van der Waals surface area (Å²) in [5.74, 6) is 1.24. The number of sulfonamides is 1. The minimum atomic E-state index is -3.66. The maximum Gasteiger partial charge on any atom is 0.261 e. The lowest BCUT2D eigenvalue weighted by molar-refractivity contribution is 0.0711. The standard InChI is InChI=1S/C25H24N4O3S/c30-25(19-10-12-20(13-11-19)28-33(31,32)21-6-2-1-3-7-21)29-16-14-18(15-17-29)24-26-22-8-4-5-9-23(22)27-24/h1-13,18,28H,14-17H2,(H,26,27). The molecule has 2 N–H and O–H groups in total. The van der Waals surface area contributed by atoms with E-state index in [0.29, 0.717) is 30.3 Å². The van der Waals surface area contributed by atoms with Gasteiger partial charge >= 0.3 is 0 Å². The van der Waals surface area contributed by atoms with Crippen LogP contribution in [-0.4, -0.2) is 42.3 Å². The second-order valence-electron chi connectivity index (χ2n) is 8.20. The van der Waals surface area contributed by atoms with E-state index in [1.54, 1.807) is 42.5 Å². The van der Waals surface area contributed by atoms with E-state index in [9.17, 15) is 13.2 Å². The number of carbonyl (C=O) groups excluding carboxylic acids is 1. The summed E-state index contributed by atoms with van der Waals surface area (Å²) in [6.45, 7) is 1.31. The van der Waals surface area contributed by atoms with Crippen molar-refractivity contribution < 1.29 is 13.2 Å². The van der Waals surface area contributed by atoms with Crippen molar-refractivity contribution in [3.8, 4) is 0 Å². The number of fused-ring (bicyclic) bond motifs is 1. The summed E-state index contributed by atoms with van der Waals surface area (Å²) in [7, 11) is -3.66. The molecule has 1 aliphatic rings. The Labute approximate surface area is 192 Å². The van der Waals surface area contributed by atoms with E-state index in [1.165, 1.54) is 12.1 Å². The van der Waals surface area contributed by atoms with E-state index < -0.39 is 10.0 Å². The summed E-state index contributed by atoms with van der Waals surface area (Å²) in [6, 6.07) is 22.7. The van der Waals surface area contributed by atoms with Gasteiger partial charge in [0.2, 0.25) is 0 Å². The van der Waals surface area contributed by atoms with Crippen molar-refractivity contribution in [2.24, 2.45) is 0 Å². The van der Waals surface area contributed by atoms with Gasteiger partial charge in [0.1, 0.15) is 5.82 Å². The molecule has 1 amide bonds. The summed E-state index contributed by atoms with van der Waals surface area (Å²) in [4.78, 5) is 23.1. The SMILES string of the molecule is O=C(c1ccc(NS(=O)(=O)c2ccccc2)cc1)N1CCC(c2nc3ccccc3[nH]2)CC1. The molecule has 3 aromatic carbocycles. The van der Waals surface area contributed by atoms with E-state index in [2.05, 4.69) is 9.71 Å². The number of piperidine rings is 1. The van der Waals surface area contributed by atoms with Crippen LogP contribution in [0.15, 0.2) is 83.8 Å². The van der Waals surface area contributed by atoms with Gasteiger partial charge in [-0.15, -0.1) is 0 Å². The lowest BCUT2D eigenvalue weighted by Crippen LogP contribution is -2.38. The number of carbonyl (C=O) groups is 1. The number of imidazole rings is 1. The van der Waals surface area contributed by atoms with Crippen LogP contribution in [0.1, 0.15) is 34.9 Å². The molecule has 7 nitrogen and oxygen atoms in total. The van der Waals surface area contributed by atoms with Crippen molar-refractivity contribution in [2.75, 3.05) is 17.8 Å². The Hall–Kier alpha value is -3.65. The number of H-pyrrole nitrogens is 1. The molecule has 0 bridgehead atoms. The monoisotopic (exact) mass is 460 g/mol. The third kappa shape index (κ3) is 4.47. The average Bonchev–Trinajstić information content (AvgIpc) is 3.29. The summed E-state index contributed by atoms with van der Waals surface area (Å²) in [5, 5.41) is 0. The average molecular weight is 461 g/mol. The first-order chi connectivity index (χ1) is 16.0. The number of hydrogen-bond donors (Lipinski definition) is 2. The Balaban J connectivity index is 1.21. The van der Waals surface area contributed by atoms with Crippen LogP contribution in [-0.2, 0) is 10.0 Å². The van der Waals surface area contributed by atoms with Gasteiger partial charge < -0.3 is 9.88 Å². The van der Waals surface area contributed by atoms with Gasteiger partial charge in [-0.1, -0.05) is 30.3 Å². The fourth-order valence-electron chi connectivity index (χ4n) is 4.20. The smallest absolute Gasteiger partial charge is 0.261 e. The minimum Gasteiger partial charge on any atom is -0.342 e. The summed E-state index contributed by atoms with van der Waals surface area (Å²) >= 11 is 0. The number of anilines is 1. The Morgan fingerprint density at radius 3 is 2.27 bits per heavy atom. The molecule has 0 aliphatic carbocycles. The molecule has 0 spiro atoms. The number of nitrogens with zero attached hydrogens (tertiary/aromatic N) is 2. The van der Waals surface area contributed by atoms with E-state index in [1.807, 2.05) is 29.2 Å². The molecule has 0 radical (unpaired) electrons. The van der Waals surface area contributed by atoms with E-state index in [-0.39, 0.29) is 10.8 Å². The third-order valence-corrected chi connectivity index (χ3v) is 7.41. The number of benzene rings is 3. The third-order valence-electron chi connectivity index (χ3n) is 6.01. The lowest BCUT2D eigenvalue weighted by Gasteiger charge is -2.31. The van der Waals surface area contributed by atoms with Gasteiger partial charge in [0.05, 0.1) is 15.9 Å². The molecule has 1 saturated heterocycles. The topological polar surface area (TPSA) is 95.2 Å². The summed E-state index contributed by atoms with van der Waals surface area (Å²) in [5.41, 5.74) is 2.96. The number of amides is 1. The fourth-order valence-corrected chi connectivity index (χ4v) is 5.28. The first-order valence-corrected chi connectivity index (χ1v) is 12.4. The van der Waals surface area contributed by atoms with Gasteiger partial charge in [-0.3, -0.25) is 9.52 Å². The maximum atomic E-state index is 13.0. The number of rotatable bonds is 5. The highest BCUT2D eigenvalue weighted by Gasteiger charge is 2.26. The largest absolute Gasteiger partial charge is 0.342 e. The van der Waals surface area contributed by atoms with Crippen molar-refractivity contribution in [3.63, 3.8) is 0 Å². The van der Waals surface area contributed by atoms with Crippen LogP contribution in [0.25, 0.3) is 11.0 Å². The van der Waals surface area contributed by atoms with Gasteiger partial charge in [-0.05, 0) is 61.4 Å². The zero-order valence-electron chi connectivity index (χ0n) is 17.9. The first kappa shape index (κ1) is 21.2. The molecule has 2 heterocycles. The number of hydrogen-bond acceptors (Lipinski definition) is 4. The van der Waals surface area contributed by atoms with Crippen LogP contribution in [0.3, 0.4) is 0 Å². The number of para-hydroxylation sites is 2. The van der Waals surface area contributed by atoms with Crippen LogP contribution in [0.5, 0.6) is 0 Å². The molecule has 0 atom stereocenters. The van der Waals surface area contributed by atoms with Gasteiger partial charge in [0.25, 0.3) is 15.9 Å². The summed E-state index contributed by atoms with van der Waals surface area (Å²) in [6.07, 6.45) is 1.70. The number of likely N-dealkylation sites (tertiary alicyclic amines) is 1. The van der Waals surface area contributed by atoms with Gasteiger partial charge in [0, 0.05) is 30.3 Å². The molecule has 1 aliphatic heterocycles. The van der Waals surface area contributed by atoms with Gasteiger partial charge in [-0.2, -0.15) is 0 Å². The van der Waals surface area contributed by atoms with Crippen molar-refractivity contribution in [3.05, 3.63) is 90.3 Å². The molecule has 5 rings (SSSR count). The molecule has 33 heavy (non-hydrogen) atoms. The number of aromatic nitrogens is 2. The van der Waals surface area contributed by atoms with E-state index in [4.69, 9.17) is 4.98 Å². The van der Waals surface area contributed by atoms with Crippen LogP contribution in [0, 0.1) is 0 Å². The van der Waals surface area contributed by atoms with Gasteiger partial charge in [-0.25, -0.2) is 13.4 Å². The maximum absolute atomic E-state index is 13.0. The molecular weight excluding hydrogens is 436 g/mol. The fraction of sp³-hybridized carbons (Fsp3) is 0.200. The highest BCUT2D eigenvalue weighted by molar-refractivity contribution is 7.92. The zero-order chi connectivity index (χ0) is 22.8. The quantitative estimate of drug-likeness (QED) is 0.462. The molecule has 1 aromatic heterocycles. The molecule has 168 valence electrons. The highest BCUT2D eigenvalue weighted by Crippen LogP contribution is 2.28. The Morgan fingerprint density at radius 1 is 0.909 bits per heavy atom. The first-order valence-electron chi connectivity index (χ1n) is 10.9. The molecule has 1 fully saturated rings. The lowest BCUT2D eigenvalue weighted by atomic mass is 9.95. The predicted molar refractivity (Wildman–Crippen MR) is 128 cm³/mol. The van der Waals surface area contributed by atoms with Crippen molar-refractivity contribution >= 4 is 32.7 Å². The predicted octanol–water partition coefficient (Wildman–Crippen LogP) is 4.38. The van der Waals surface area contributed by atoms with Crippen LogP contribution in [0.2, 0.25) is 0 Å². The van der Waals surface area contributed by atoms with Crippen molar-refractivity contribution in [1.29, 1.82) is 0 Å². The minimum absolute atomic E-state index is 0.0458. The zero-order valence-corrected chi connectivity index (χ0v) is 18.8. The second-order valence-corrected chi connectivity index (χ2v) is 9.88. The Morgan fingerprint density at radius 2 is 1.58 bits per heavy atom. The second kappa shape index (κ2) is 8.71. The van der Waals surface area contributed by atoms with Crippen molar-refractivity contribution in [1.82, 2.24) is 14.9 Å². The van der Waals surface area contributed by atoms with Crippen LogP contribution >= 0.6 is 0 Å². The van der Waals surface area contributed by atoms with E-state index >= 15 is 0 Å². The number of aromatic amines is 1. The van der Waals surface area contributed by atoms with E-state index in [0.717, 1.165) is 29.7 Å². The molecule has 0 unspecified atom stereocenters. The summed E-state index contributed by atoms with van der Waals surface area (Å²) < 4.78 is 27.5. The Kier molecular flexibility index (Phi) is 5.60. The molecule has 0 saturated carbocycles. The molecular formula is C25H24N4O3S. The van der Waals surface area contributed by atoms with Crippen LogP contribution in [0.4, 0.5) is 5.69 Å². The molecule has 4 aromatic rings. The molecule has 8 heteroatoms. The Bertz CT molecular complexity index is 1340. The van der Waals surface area contributed by atoms with Crippen molar-refractivity contribution in [2.45, 2.75) is 23.7 Å². The van der Waals surface area contributed by atoms with Crippen LogP contribution < -0.4 is 4.72 Å². The van der Waals surface area contributed by atoms with Gasteiger partial charge in [0.15, 0.2) is 0 Å².